The summed E-state index contributed by atoms with van der Waals surface area (Å²) in [6, 6.07) is 5.41. The molecule has 0 unspecified atom stereocenters. The van der Waals surface area contributed by atoms with Crippen LogP contribution in [0.5, 0.6) is 0 Å². The molecule has 0 aliphatic rings. The Morgan fingerprint density at radius 1 is 1.14 bits per heavy atom. The van der Waals surface area contributed by atoms with E-state index in [-0.39, 0.29) is 11.1 Å². The van der Waals surface area contributed by atoms with E-state index in [9.17, 15) is 13.0 Å². The lowest BCUT2D eigenvalue weighted by Gasteiger charge is -2.03. The fraction of sp³-hybridized carbons (Fsp3) is 0.143. The van der Waals surface area contributed by atoms with Gasteiger partial charge >= 0.3 is 7.60 Å². The normalized spacial score (nSPS) is 11.9. The molecule has 5 nitrogen and oxygen atoms in total. The van der Waals surface area contributed by atoms with Gasteiger partial charge in [0.2, 0.25) is 0 Å². The zero-order chi connectivity index (χ0) is 10.8. The fourth-order valence-corrected chi connectivity index (χ4v) is 2.04. The van der Waals surface area contributed by atoms with E-state index in [2.05, 4.69) is 0 Å². The molecule has 0 radical (unpaired) electrons. The number of hydrogen-bond donors (Lipinski definition) is 3. The van der Waals surface area contributed by atoms with E-state index in [1.807, 2.05) is 0 Å². The maximum atomic E-state index is 10.6. The summed E-state index contributed by atoms with van der Waals surface area (Å²) in [5, 5.41) is 0. The van der Waals surface area contributed by atoms with Crippen LogP contribution in [0.3, 0.4) is 0 Å². The molecule has 78 valence electrons. The van der Waals surface area contributed by atoms with Crippen molar-refractivity contribution in [1.82, 2.24) is 0 Å². The lowest BCUT2D eigenvalue weighted by atomic mass is 10.2. The van der Waals surface area contributed by atoms with Gasteiger partial charge in [-0.15, -0.1) is 0 Å². The molecule has 7 heteroatoms. The smallest absolute Gasteiger partial charge is 0.324 e. The lowest BCUT2D eigenvalue weighted by Crippen LogP contribution is -1.87. The van der Waals surface area contributed by atoms with Crippen molar-refractivity contribution in [2.24, 2.45) is 0 Å². The van der Waals surface area contributed by atoms with Crippen LogP contribution in [0.4, 0.5) is 0 Å². The van der Waals surface area contributed by atoms with Gasteiger partial charge in [0, 0.05) is 0 Å². The number of rotatable bonds is 3. The van der Waals surface area contributed by atoms with E-state index in [0.717, 1.165) is 0 Å². The molecule has 0 spiro atoms. The van der Waals surface area contributed by atoms with Gasteiger partial charge in [0.05, 0.1) is 11.1 Å². The highest BCUT2D eigenvalue weighted by Crippen LogP contribution is 2.38. The summed E-state index contributed by atoms with van der Waals surface area (Å²) >= 11 is 0. The molecule has 0 aliphatic carbocycles. The van der Waals surface area contributed by atoms with Crippen molar-refractivity contribution in [3.63, 3.8) is 0 Å². The summed E-state index contributed by atoms with van der Waals surface area (Å²) in [5.74, 6) is 0. The van der Waals surface area contributed by atoms with Crippen LogP contribution in [-0.2, 0) is 21.4 Å². The van der Waals surface area contributed by atoms with Gasteiger partial charge in [-0.25, -0.2) is 8.42 Å². The highest BCUT2D eigenvalue weighted by molar-refractivity contribution is 7.72. The van der Waals surface area contributed by atoms with E-state index in [4.69, 9.17) is 9.79 Å². The Kier molecular flexibility index (Phi) is 3.44. The minimum Gasteiger partial charge on any atom is -0.324 e. The molecule has 1 aromatic rings. The predicted molar refractivity (Wildman–Crippen MR) is 50.8 cm³/mol. The molecule has 1 aromatic carbocycles. The van der Waals surface area contributed by atoms with E-state index in [0.29, 0.717) is 5.56 Å². The Bertz CT molecular complexity index is 422. The first kappa shape index (κ1) is 11.4. The predicted octanol–water partition coefficient (Wildman–Crippen LogP) is 0.335. The number of benzene rings is 1. The van der Waals surface area contributed by atoms with Crippen LogP contribution in [0.25, 0.3) is 0 Å². The molecule has 0 fully saturated rings. The Balaban J connectivity index is 2.89. The van der Waals surface area contributed by atoms with Crippen LogP contribution < -0.4 is 0 Å². The third-order valence-corrected chi connectivity index (χ3v) is 3.03. The van der Waals surface area contributed by atoms with E-state index in [1.165, 1.54) is 24.3 Å². The van der Waals surface area contributed by atoms with Crippen LogP contribution in [0.1, 0.15) is 5.56 Å². The monoisotopic (exact) mass is 236 g/mol. The molecule has 0 saturated heterocycles. The highest BCUT2D eigenvalue weighted by atomic mass is 32.2. The van der Waals surface area contributed by atoms with Gasteiger partial charge in [-0.05, 0) is 17.7 Å². The van der Waals surface area contributed by atoms with Gasteiger partial charge in [-0.1, -0.05) is 12.1 Å². The second-order valence-corrected chi connectivity index (χ2v) is 5.42. The van der Waals surface area contributed by atoms with Crippen LogP contribution >= 0.6 is 7.60 Å². The average Bonchev–Trinajstić information content (AvgIpc) is 2.02. The summed E-state index contributed by atoms with van der Waals surface area (Å²) in [6.45, 7) is 0. The van der Waals surface area contributed by atoms with Crippen molar-refractivity contribution in [3.05, 3.63) is 29.8 Å². The molecule has 0 aromatic heterocycles. The van der Waals surface area contributed by atoms with Crippen molar-refractivity contribution in [1.29, 1.82) is 0 Å². The van der Waals surface area contributed by atoms with Gasteiger partial charge in [0.25, 0.3) is 0 Å². The topological polar surface area (TPSA) is 91.7 Å². The highest BCUT2D eigenvalue weighted by Gasteiger charge is 2.13. The van der Waals surface area contributed by atoms with Crippen LogP contribution in [0.15, 0.2) is 29.2 Å². The van der Waals surface area contributed by atoms with Crippen molar-refractivity contribution in [2.45, 2.75) is 11.1 Å². The molecule has 14 heavy (non-hydrogen) atoms. The average molecular weight is 236 g/mol. The van der Waals surface area contributed by atoms with E-state index in [1.54, 1.807) is 0 Å². The Hall–Kier alpha value is -0.680. The zero-order valence-electron chi connectivity index (χ0n) is 7.03. The number of hydrogen-bond acceptors (Lipinski definition) is 3. The molecule has 2 N–H and O–H groups in total. The standard InChI is InChI=1S/C7H9O5PS/c8-13(9,10)5-6-1-3-7(4-2-6)14(11)12/h1-4,14H,5H2,(H2,8,9,10). The largest absolute Gasteiger partial charge is 0.329 e. The summed E-state index contributed by atoms with van der Waals surface area (Å²) in [6.07, 6.45) is -0.372. The maximum absolute atomic E-state index is 10.6. The van der Waals surface area contributed by atoms with Gasteiger partial charge < -0.3 is 9.79 Å². The molecular weight excluding hydrogens is 227 g/mol. The van der Waals surface area contributed by atoms with Crippen molar-refractivity contribution in [3.8, 4) is 0 Å². The first-order chi connectivity index (χ1) is 6.38. The summed E-state index contributed by atoms with van der Waals surface area (Å²) < 4.78 is 31.6. The quantitative estimate of drug-likeness (QED) is 0.519. The minimum atomic E-state index is -4.08. The molecule has 1 rings (SSSR count). The number of thiol groups is 1. The van der Waals surface area contributed by atoms with Gasteiger partial charge in [-0.3, -0.25) is 4.57 Å². The molecule has 0 heterocycles. The van der Waals surface area contributed by atoms with Gasteiger partial charge in [0.1, 0.15) is 0 Å². The van der Waals surface area contributed by atoms with Crippen LogP contribution in [-0.4, -0.2) is 18.2 Å². The Morgan fingerprint density at radius 3 is 2.00 bits per heavy atom. The first-order valence-electron chi connectivity index (χ1n) is 3.66. The van der Waals surface area contributed by atoms with Crippen molar-refractivity contribution < 1.29 is 22.8 Å². The fourth-order valence-electron chi connectivity index (χ4n) is 0.961. The second kappa shape index (κ2) is 4.23. The van der Waals surface area contributed by atoms with Crippen molar-refractivity contribution >= 4 is 18.3 Å². The van der Waals surface area contributed by atoms with E-state index >= 15 is 0 Å². The SMILES string of the molecule is O=[SH](=O)c1ccc(CP(=O)(O)O)cc1. The molecule has 0 aliphatic heterocycles. The lowest BCUT2D eigenvalue weighted by molar-refractivity contribution is 0.371. The Morgan fingerprint density at radius 2 is 1.64 bits per heavy atom. The Labute approximate surface area is 82.5 Å². The summed E-state index contributed by atoms with van der Waals surface area (Å²) in [4.78, 5) is 17.4. The summed E-state index contributed by atoms with van der Waals surface area (Å²) in [7, 11) is -6.71. The first-order valence-corrected chi connectivity index (χ1v) is 6.64. The molecule has 0 bridgehead atoms. The maximum Gasteiger partial charge on any atom is 0.329 e. The molecule has 0 saturated carbocycles. The second-order valence-electron chi connectivity index (χ2n) is 2.75. The van der Waals surface area contributed by atoms with Crippen LogP contribution in [0, 0.1) is 0 Å². The molecule has 0 atom stereocenters. The molecule has 0 amide bonds. The minimum absolute atomic E-state index is 0.134. The van der Waals surface area contributed by atoms with Gasteiger partial charge in [-0.2, -0.15) is 0 Å². The summed E-state index contributed by atoms with van der Waals surface area (Å²) in [5.41, 5.74) is 0.416. The molecular formula is C7H9O5PS. The third-order valence-electron chi connectivity index (χ3n) is 1.54. The van der Waals surface area contributed by atoms with E-state index < -0.39 is 18.3 Å². The third kappa shape index (κ3) is 3.59. The van der Waals surface area contributed by atoms with Crippen LogP contribution in [0.2, 0.25) is 0 Å². The zero-order valence-corrected chi connectivity index (χ0v) is 8.82. The van der Waals surface area contributed by atoms with Gasteiger partial charge in [0.15, 0.2) is 10.7 Å². The van der Waals surface area contributed by atoms with Crippen molar-refractivity contribution in [2.75, 3.05) is 0 Å².